The van der Waals surface area contributed by atoms with Crippen LogP contribution in [0.3, 0.4) is 0 Å². The van der Waals surface area contributed by atoms with Gasteiger partial charge in [-0.25, -0.2) is 8.42 Å². The molecule has 152 valence electrons. The van der Waals surface area contributed by atoms with Crippen molar-refractivity contribution in [1.29, 1.82) is 0 Å². The molecule has 0 radical (unpaired) electrons. The summed E-state index contributed by atoms with van der Waals surface area (Å²) < 4.78 is 26.9. The van der Waals surface area contributed by atoms with Crippen molar-refractivity contribution in [1.82, 2.24) is 9.62 Å². The Morgan fingerprint density at radius 3 is 2.44 bits per heavy atom. The van der Waals surface area contributed by atoms with Crippen LogP contribution in [0.1, 0.15) is 39.5 Å². The zero-order valence-corrected chi connectivity index (χ0v) is 17.8. The van der Waals surface area contributed by atoms with Crippen LogP contribution in [0.15, 0.2) is 29.2 Å². The van der Waals surface area contributed by atoms with E-state index < -0.39 is 10.0 Å². The Hall–Kier alpha value is -1.15. The number of nitrogens with zero attached hydrogens (tertiary/aromatic N) is 1. The van der Waals surface area contributed by atoms with Gasteiger partial charge in [0.2, 0.25) is 10.0 Å². The molecule has 27 heavy (non-hydrogen) atoms. The molecule has 2 N–H and O–H groups in total. The molecule has 1 atom stereocenters. The van der Waals surface area contributed by atoms with Crippen molar-refractivity contribution in [3.05, 3.63) is 29.3 Å². The number of hydrogen-bond donors (Lipinski definition) is 2. The maximum Gasteiger partial charge on any atom is 0.275 e. The lowest BCUT2D eigenvalue weighted by Gasteiger charge is -2.31. The first-order valence-corrected chi connectivity index (χ1v) is 11.5. The van der Waals surface area contributed by atoms with Gasteiger partial charge in [0, 0.05) is 11.1 Å². The van der Waals surface area contributed by atoms with E-state index in [2.05, 4.69) is 12.2 Å². The largest absolute Gasteiger partial charge is 0.349 e. The number of unbranched alkanes of at least 4 members (excludes halogenated alkanes) is 2. The SMILES string of the molecule is CCCCC[C@H](C)NC(=O)C[NH+]1CCN(S(=O)(=O)c2ccc(Cl)cc2)CC1. The van der Waals surface area contributed by atoms with Crippen LogP contribution in [0.4, 0.5) is 0 Å². The van der Waals surface area contributed by atoms with E-state index in [1.807, 2.05) is 6.92 Å². The Kier molecular flexibility index (Phi) is 8.54. The summed E-state index contributed by atoms with van der Waals surface area (Å²) in [5, 5.41) is 3.57. The first-order valence-electron chi connectivity index (χ1n) is 9.71. The monoisotopic (exact) mass is 416 g/mol. The molecule has 1 amide bonds. The number of piperazine rings is 1. The van der Waals surface area contributed by atoms with E-state index in [1.54, 1.807) is 12.1 Å². The zero-order valence-electron chi connectivity index (χ0n) is 16.2. The van der Waals surface area contributed by atoms with Crippen molar-refractivity contribution in [3.8, 4) is 0 Å². The average Bonchev–Trinajstić information content (AvgIpc) is 2.62. The molecule has 2 rings (SSSR count). The van der Waals surface area contributed by atoms with Crippen LogP contribution >= 0.6 is 11.6 Å². The van der Waals surface area contributed by atoms with E-state index in [4.69, 9.17) is 11.6 Å². The summed E-state index contributed by atoms with van der Waals surface area (Å²) in [5.41, 5.74) is 0. The third kappa shape index (κ3) is 6.75. The molecular weight excluding hydrogens is 386 g/mol. The fraction of sp³-hybridized carbons (Fsp3) is 0.632. The van der Waals surface area contributed by atoms with Gasteiger partial charge in [-0.1, -0.05) is 37.8 Å². The lowest BCUT2D eigenvalue weighted by molar-refractivity contribution is -0.895. The molecule has 1 fully saturated rings. The Morgan fingerprint density at radius 1 is 1.22 bits per heavy atom. The van der Waals surface area contributed by atoms with E-state index >= 15 is 0 Å². The molecule has 1 aromatic carbocycles. The fourth-order valence-corrected chi connectivity index (χ4v) is 4.87. The highest BCUT2D eigenvalue weighted by Crippen LogP contribution is 2.18. The van der Waals surface area contributed by atoms with E-state index in [1.165, 1.54) is 29.3 Å². The molecule has 0 bridgehead atoms. The predicted molar refractivity (Wildman–Crippen MR) is 108 cm³/mol. The van der Waals surface area contributed by atoms with Crippen LogP contribution in [0.25, 0.3) is 0 Å². The summed E-state index contributed by atoms with van der Waals surface area (Å²) in [6, 6.07) is 6.42. The number of carbonyl (C=O) groups excluding carboxylic acids is 1. The highest BCUT2D eigenvalue weighted by Gasteiger charge is 2.31. The molecule has 1 aliphatic heterocycles. The van der Waals surface area contributed by atoms with E-state index in [0.29, 0.717) is 37.7 Å². The number of hydrogen-bond acceptors (Lipinski definition) is 3. The summed E-state index contributed by atoms with van der Waals surface area (Å²) in [6.45, 7) is 6.69. The highest BCUT2D eigenvalue weighted by molar-refractivity contribution is 7.89. The van der Waals surface area contributed by atoms with Gasteiger partial charge in [0.15, 0.2) is 6.54 Å². The minimum Gasteiger partial charge on any atom is -0.349 e. The minimum absolute atomic E-state index is 0.0445. The van der Waals surface area contributed by atoms with Crippen molar-refractivity contribution >= 4 is 27.5 Å². The van der Waals surface area contributed by atoms with Gasteiger partial charge >= 0.3 is 0 Å². The summed E-state index contributed by atoms with van der Waals surface area (Å²) in [6.07, 6.45) is 4.50. The molecule has 0 spiro atoms. The molecule has 1 heterocycles. The Bertz CT molecular complexity index is 701. The number of carbonyl (C=O) groups is 1. The zero-order chi connectivity index (χ0) is 19.9. The predicted octanol–water partition coefficient (Wildman–Crippen LogP) is 1.31. The van der Waals surface area contributed by atoms with Crippen molar-refractivity contribution in [2.45, 2.75) is 50.5 Å². The van der Waals surface area contributed by atoms with Gasteiger partial charge in [-0.3, -0.25) is 4.79 Å². The summed E-state index contributed by atoms with van der Waals surface area (Å²) in [7, 11) is -3.50. The number of quaternary nitrogens is 1. The average molecular weight is 417 g/mol. The first kappa shape index (κ1) is 22.1. The number of amides is 1. The molecule has 1 saturated heterocycles. The third-order valence-corrected chi connectivity index (χ3v) is 7.10. The fourth-order valence-electron chi connectivity index (χ4n) is 3.30. The topological polar surface area (TPSA) is 70.9 Å². The van der Waals surface area contributed by atoms with Crippen LogP contribution in [0.5, 0.6) is 0 Å². The van der Waals surface area contributed by atoms with E-state index in [9.17, 15) is 13.2 Å². The van der Waals surface area contributed by atoms with Gasteiger partial charge in [0.1, 0.15) is 0 Å². The normalized spacial score (nSPS) is 17.6. The third-order valence-electron chi connectivity index (χ3n) is 4.94. The standard InChI is InChI=1S/C19H30ClN3O3S/c1-3-4-5-6-16(2)21-19(24)15-22-11-13-23(14-12-22)27(25,26)18-9-7-17(20)8-10-18/h7-10,16H,3-6,11-15H2,1-2H3,(H,21,24)/p+1/t16-/m0/s1. The molecule has 1 aromatic rings. The van der Waals surface area contributed by atoms with Gasteiger partial charge < -0.3 is 10.2 Å². The van der Waals surface area contributed by atoms with Crippen LogP contribution < -0.4 is 10.2 Å². The van der Waals surface area contributed by atoms with Gasteiger partial charge in [0.05, 0.1) is 31.1 Å². The second-order valence-electron chi connectivity index (χ2n) is 7.25. The van der Waals surface area contributed by atoms with Crippen LogP contribution in [-0.2, 0) is 14.8 Å². The van der Waals surface area contributed by atoms with Gasteiger partial charge in [-0.2, -0.15) is 4.31 Å². The lowest BCUT2D eigenvalue weighted by Crippen LogP contribution is -3.15. The Labute approximate surface area is 167 Å². The number of benzene rings is 1. The minimum atomic E-state index is -3.50. The van der Waals surface area contributed by atoms with Crippen LogP contribution in [0.2, 0.25) is 5.02 Å². The summed E-state index contributed by atoms with van der Waals surface area (Å²) >= 11 is 5.84. The van der Waals surface area contributed by atoms with Gasteiger partial charge in [0.25, 0.3) is 5.91 Å². The molecule has 0 aliphatic carbocycles. The van der Waals surface area contributed by atoms with E-state index in [-0.39, 0.29) is 16.8 Å². The quantitative estimate of drug-likeness (QED) is 0.596. The van der Waals surface area contributed by atoms with Crippen LogP contribution in [0, 0.1) is 0 Å². The summed E-state index contributed by atoms with van der Waals surface area (Å²) in [5.74, 6) is 0.0445. The van der Waals surface area contributed by atoms with Crippen molar-refractivity contribution < 1.29 is 18.1 Å². The number of nitrogens with one attached hydrogen (secondary N) is 2. The Morgan fingerprint density at radius 2 is 1.85 bits per heavy atom. The molecule has 8 heteroatoms. The maximum absolute atomic E-state index is 12.7. The lowest BCUT2D eigenvalue weighted by atomic mass is 10.1. The molecule has 1 aliphatic rings. The first-order chi connectivity index (χ1) is 12.8. The molecule has 0 saturated carbocycles. The Balaban J connectivity index is 1.79. The maximum atomic E-state index is 12.7. The van der Waals surface area contributed by atoms with Crippen molar-refractivity contribution in [2.75, 3.05) is 32.7 Å². The molecule has 0 unspecified atom stereocenters. The summed E-state index contributed by atoms with van der Waals surface area (Å²) in [4.78, 5) is 13.6. The van der Waals surface area contributed by atoms with Crippen molar-refractivity contribution in [3.63, 3.8) is 0 Å². The van der Waals surface area contributed by atoms with Crippen LogP contribution in [-0.4, -0.2) is 57.4 Å². The second-order valence-corrected chi connectivity index (χ2v) is 9.62. The molecule has 6 nitrogen and oxygen atoms in total. The highest BCUT2D eigenvalue weighted by atomic mass is 35.5. The smallest absolute Gasteiger partial charge is 0.275 e. The molecular formula is C19H31ClN3O3S+. The van der Waals surface area contributed by atoms with Crippen molar-refractivity contribution in [2.24, 2.45) is 0 Å². The van der Waals surface area contributed by atoms with E-state index in [0.717, 1.165) is 17.7 Å². The van der Waals surface area contributed by atoms with Gasteiger partial charge in [-0.15, -0.1) is 0 Å². The van der Waals surface area contributed by atoms with Gasteiger partial charge in [-0.05, 0) is 37.6 Å². The second kappa shape index (κ2) is 10.4. The number of halogens is 1. The molecule has 0 aromatic heterocycles. The number of rotatable bonds is 9. The number of sulfonamides is 1.